The number of hydrogen-bond donors (Lipinski definition) is 2. The van der Waals surface area contributed by atoms with Crippen LogP contribution in [0.15, 0.2) is 6.07 Å². The van der Waals surface area contributed by atoms with E-state index in [9.17, 15) is 19.7 Å². The van der Waals surface area contributed by atoms with E-state index in [2.05, 4.69) is 10.3 Å². The number of nitro groups is 1. The molecule has 2 rings (SSSR count). The summed E-state index contributed by atoms with van der Waals surface area (Å²) in [5.74, 6) is -1.34. The lowest BCUT2D eigenvalue weighted by atomic mass is 10.0. The Labute approximate surface area is 160 Å². The van der Waals surface area contributed by atoms with E-state index >= 15 is 0 Å². The van der Waals surface area contributed by atoms with Crippen molar-refractivity contribution in [2.75, 3.05) is 18.0 Å². The minimum absolute atomic E-state index is 0.0630. The van der Waals surface area contributed by atoms with E-state index in [0.29, 0.717) is 19.4 Å². The van der Waals surface area contributed by atoms with Gasteiger partial charge < -0.3 is 20.1 Å². The number of alkyl carbamates (subject to hydrolysis) is 1. The fourth-order valence-electron chi connectivity index (χ4n) is 2.80. The predicted octanol–water partition coefficient (Wildman–Crippen LogP) is 2.83. The Morgan fingerprint density at radius 3 is 2.70 bits per heavy atom. The molecule has 148 valence electrons. The third-order valence-corrected chi connectivity index (χ3v) is 4.08. The second kappa shape index (κ2) is 7.95. The lowest BCUT2D eigenvalue weighted by Gasteiger charge is -2.34. The molecule has 2 heterocycles. The summed E-state index contributed by atoms with van der Waals surface area (Å²) in [4.78, 5) is 39.1. The van der Waals surface area contributed by atoms with Gasteiger partial charge in [0.15, 0.2) is 5.69 Å². The highest BCUT2D eigenvalue weighted by molar-refractivity contribution is 6.32. The maximum Gasteiger partial charge on any atom is 0.407 e. The molecule has 1 atom stereocenters. The number of carboxylic acids is 1. The number of aromatic carboxylic acids is 1. The van der Waals surface area contributed by atoms with Gasteiger partial charge in [0.25, 0.3) is 0 Å². The number of amides is 1. The van der Waals surface area contributed by atoms with Gasteiger partial charge in [-0.05, 0) is 33.6 Å². The van der Waals surface area contributed by atoms with E-state index in [1.807, 2.05) is 0 Å². The quantitative estimate of drug-likeness (QED) is 0.447. The molecule has 11 heteroatoms. The summed E-state index contributed by atoms with van der Waals surface area (Å²) >= 11 is 5.85. The van der Waals surface area contributed by atoms with Crippen molar-refractivity contribution in [3.8, 4) is 0 Å². The molecule has 1 aliphatic heterocycles. The molecule has 1 unspecified atom stereocenters. The van der Waals surface area contributed by atoms with Crippen molar-refractivity contribution in [2.24, 2.45) is 0 Å². The molecule has 1 amide bonds. The lowest BCUT2D eigenvalue weighted by molar-refractivity contribution is -0.384. The Morgan fingerprint density at radius 2 is 2.15 bits per heavy atom. The first-order chi connectivity index (χ1) is 12.5. The summed E-state index contributed by atoms with van der Waals surface area (Å²) in [5, 5.41) is 22.8. The van der Waals surface area contributed by atoms with Crippen LogP contribution >= 0.6 is 11.6 Å². The van der Waals surface area contributed by atoms with Crippen molar-refractivity contribution in [3.05, 3.63) is 27.0 Å². The highest BCUT2D eigenvalue weighted by atomic mass is 35.5. The van der Waals surface area contributed by atoms with E-state index < -0.39 is 33.4 Å². The van der Waals surface area contributed by atoms with Crippen LogP contribution in [0.1, 0.15) is 44.1 Å². The van der Waals surface area contributed by atoms with Gasteiger partial charge in [-0.3, -0.25) is 10.1 Å². The van der Waals surface area contributed by atoms with Gasteiger partial charge in [-0.25, -0.2) is 14.6 Å². The third-order valence-electron chi connectivity index (χ3n) is 3.81. The third kappa shape index (κ3) is 5.43. The minimum atomic E-state index is -1.34. The number of carbonyl (C=O) groups is 2. The van der Waals surface area contributed by atoms with Crippen LogP contribution in [0.3, 0.4) is 0 Å². The van der Waals surface area contributed by atoms with Gasteiger partial charge in [-0.1, -0.05) is 11.6 Å². The second-order valence-corrected chi connectivity index (χ2v) is 7.52. The molecular formula is C16H21ClN4O6. The topological polar surface area (TPSA) is 135 Å². The maximum atomic E-state index is 12.0. The van der Waals surface area contributed by atoms with Crippen LogP contribution < -0.4 is 10.2 Å². The van der Waals surface area contributed by atoms with Gasteiger partial charge in [0, 0.05) is 25.2 Å². The molecule has 27 heavy (non-hydrogen) atoms. The molecule has 1 aromatic rings. The van der Waals surface area contributed by atoms with Crippen molar-refractivity contribution in [1.29, 1.82) is 0 Å². The van der Waals surface area contributed by atoms with Gasteiger partial charge in [0.05, 0.1) is 4.92 Å². The molecule has 0 spiro atoms. The highest BCUT2D eigenvalue weighted by Crippen LogP contribution is 2.36. The monoisotopic (exact) mass is 400 g/mol. The van der Waals surface area contributed by atoms with Crippen LogP contribution in [0.4, 0.5) is 16.2 Å². The number of nitrogens with one attached hydrogen (secondary N) is 1. The first kappa shape index (κ1) is 20.7. The Bertz CT molecular complexity index is 764. The summed E-state index contributed by atoms with van der Waals surface area (Å²) in [7, 11) is 0. The molecule has 0 radical (unpaired) electrons. The first-order valence-electron chi connectivity index (χ1n) is 8.30. The smallest absolute Gasteiger partial charge is 0.407 e. The average Bonchev–Trinajstić information content (AvgIpc) is 2.51. The fourth-order valence-corrected chi connectivity index (χ4v) is 3.06. The summed E-state index contributed by atoms with van der Waals surface area (Å²) in [5.41, 5.74) is -1.43. The van der Waals surface area contributed by atoms with E-state index in [1.54, 1.807) is 25.7 Å². The van der Waals surface area contributed by atoms with Crippen molar-refractivity contribution >= 4 is 35.0 Å². The number of ether oxygens (including phenoxy) is 1. The summed E-state index contributed by atoms with van der Waals surface area (Å²) in [6, 6.07) is 0.816. The number of carbonyl (C=O) groups excluding carboxylic acids is 1. The molecule has 1 saturated heterocycles. The molecule has 0 saturated carbocycles. The normalized spacial score (nSPS) is 17.3. The average molecular weight is 401 g/mol. The van der Waals surface area contributed by atoms with Gasteiger partial charge in [-0.2, -0.15) is 0 Å². The molecule has 1 aromatic heterocycles. The highest BCUT2D eigenvalue weighted by Gasteiger charge is 2.31. The number of nitrogens with zero attached hydrogens (tertiary/aromatic N) is 3. The number of anilines is 1. The molecule has 2 N–H and O–H groups in total. The van der Waals surface area contributed by atoms with E-state index in [0.717, 1.165) is 6.07 Å². The Morgan fingerprint density at radius 1 is 1.48 bits per heavy atom. The molecule has 10 nitrogen and oxygen atoms in total. The lowest BCUT2D eigenvalue weighted by Crippen LogP contribution is -2.49. The summed E-state index contributed by atoms with van der Waals surface area (Å²) < 4.78 is 5.23. The molecule has 1 aliphatic rings. The number of rotatable bonds is 4. The Hall–Kier alpha value is -2.62. The Kier molecular flexibility index (Phi) is 6.09. The standard InChI is InChI=1S/C16H21ClN4O6/c1-16(2,3)27-15(24)18-9-5-4-6-20(8-9)11-7-10(14(22)23)19-13(17)12(11)21(25)26/h7,9H,4-6,8H2,1-3H3,(H,18,24)(H,22,23). The van der Waals surface area contributed by atoms with Crippen molar-refractivity contribution in [3.63, 3.8) is 0 Å². The minimum Gasteiger partial charge on any atom is -0.477 e. The van der Waals surface area contributed by atoms with E-state index in [-0.39, 0.29) is 24.0 Å². The number of aromatic nitrogens is 1. The van der Waals surface area contributed by atoms with E-state index in [4.69, 9.17) is 21.4 Å². The van der Waals surface area contributed by atoms with Gasteiger partial charge in [0.2, 0.25) is 5.15 Å². The number of pyridine rings is 1. The predicted molar refractivity (Wildman–Crippen MR) is 97.5 cm³/mol. The molecule has 0 bridgehead atoms. The van der Waals surface area contributed by atoms with Crippen LogP contribution in [-0.2, 0) is 4.74 Å². The van der Waals surface area contributed by atoms with E-state index in [1.165, 1.54) is 0 Å². The van der Waals surface area contributed by atoms with Crippen molar-refractivity contribution in [1.82, 2.24) is 10.3 Å². The number of halogens is 1. The zero-order valence-corrected chi connectivity index (χ0v) is 15.9. The van der Waals surface area contributed by atoms with Crippen LogP contribution in [0, 0.1) is 10.1 Å². The molecular weight excluding hydrogens is 380 g/mol. The van der Waals surface area contributed by atoms with Gasteiger partial charge in [-0.15, -0.1) is 0 Å². The molecule has 0 aliphatic carbocycles. The Balaban J connectivity index is 2.25. The van der Waals surface area contributed by atoms with Crippen LogP contribution in [0.25, 0.3) is 0 Å². The second-order valence-electron chi connectivity index (χ2n) is 7.16. The van der Waals surface area contributed by atoms with Crippen molar-refractivity contribution < 1.29 is 24.4 Å². The van der Waals surface area contributed by atoms with Crippen LogP contribution in [0.5, 0.6) is 0 Å². The zero-order valence-electron chi connectivity index (χ0n) is 15.2. The zero-order chi connectivity index (χ0) is 20.4. The number of carboxylic acid groups (broad SMARTS) is 1. The van der Waals surface area contributed by atoms with Gasteiger partial charge >= 0.3 is 17.7 Å². The van der Waals surface area contributed by atoms with Gasteiger partial charge in [0.1, 0.15) is 11.3 Å². The molecule has 0 aromatic carbocycles. The molecule has 1 fully saturated rings. The first-order valence-corrected chi connectivity index (χ1v) is 8.68. The largest absolute Gasteiger partial charge is 0.477 e. The van der Waals surface area contributed by atoms with Crippen LogP contribution in [0.2, 0.25) is 5.15 Å². The number of hydrogen-bond acceptors (Lipinski definition) is 7. The SMILES string of the molecule is CC(C)(C)OC(=O)NC1CCCN(c2cc(C(=O)O)nc(Cl)c2[N+](=O)[O-])C1. The number of piperidine rings is 1. The summed E-state index contributed by atoms with van der Waals surface area (Å²) in [6.45, 7) is 5.94. The maximum absolute atomic E-state index is 12.0. The summed E-state index contributed by atoms with van der Waals surface area (Å²) in [6.07, 6.45) is 0.719. The van der Waals surface area contributed by atoms with Crippen LogP contribution in [-0.4, -0.2) is 51.8 Å². The van der Waals surface area contributed by atoms with Crippen molar-refractivity contribution in [2.45, 2.75) is 45.3 Å². The fraction of sp³-hybridized carbons (Fsp3) is 0.562.